The van der Waals surface area contributed by atoms with Crippen molar-refractivity contribution in [2.45, 2.75) is 33.1 Å². The lowest BCUT2D eigenvalue weighted by Crippen LogP contribution is -2.15. The van der Waals surface area contributed by atoms with Crippen LogP contribution in [0.25, 0.3) is 0 Å². The summed E-state index contributed by atoms with van der Waals surface area (Å²) in [7, 11) is 0. The van der Waals surface area contributed by atoms with Crippen molar-refractivity contribution in [3.63, 3.8) is 0 Å². The van der Waals surface area contributed by atoms with Crippen LogP contribution in [0.15, 0.2) is 10.3 Å². The first kappa shape index (κ1) is 9.24. The Morgan fingerprint density at radius 2 is 2.09 bits per heavy atom. The Labute approximate surface area is 76.0 Å². The summed E-state index contributed by atoms with van der Waals surface area (Å²) < 4.78 is 12.6. The number of allylic oxidation sites excluding steroid dienone is 1. The molecule has 2 heteroatoms. The maximum atomic E-state index is 12.7. The highest BCUT2D eigenvalue weighted by atomic mass is 79.9. The summed E-state index contributed by atoms with van der Waals surface area (Å²) in [5.41, 5.74) is 0.968. The molecule has 0 heterocycles. The predicted octanol–water partition coefficient (Wildman–Crippen LogP) is 4.02. The second-order valence-corrected chi connectivity index (χ2v) is 4.26. The predicted molar refractivity (Wildman–Crippen MR) is 49.2 cm³/mol. The first-order chi connectivity index (χ1) is 5.11. The number of hydrogen-bond acceptors (Lipinski definition) is 0. The zero-order valence-corrected chi connectivity index (χ0v) is 8.62. The molecule has 0 aromatic rings. The van der Waals surface area contributed by atoms with Crippen molar-refractivity contribution in [2.75, 3.05) is 0 Å². The van der Waals surface area contributed by atoms with Crippen LogP contribution in [0.1, 0.15) is 33.1 Å². The first-order valence-electron chi connectivity index (χ1n) is 4.14. The van der Waals surface area contributed by atoms with Gasteiger partial charge in [0.05, 0.1) is 0 Å². The highest BCUT2D eigenvalue weighted by Gasteiger charge is 2.21. The van der Waals surface area contributed by atoms with E-state index in [0.717, 1.165) is 30.8 Å². The van der Waals surface area contributed by atoms with E-state index in [1.165, 1.54) is 0 Å². The van der Waals surface area contributed by atoms with Gasteiger partial charge in [-0.25, -0.2) is 0 Å². The molecule has 2 unspecified atom stereocenters. The summed E-state index contributed by atoms with van der Waals surface area (Å²) in [6.45, 7) is 4.44. The molecule has 1 rings (SSSR count). The van der Waals surface area contributed by atoms with E-state index in [1.54, 1.807) is 0 Å². The van der Waals surface area contributed by atoms with Gasteiger partial charge in [0.2, 0.25) is 0 Å². The third kappa shape index (κ3) is 2.29. The highest BCUT2D eigenvalue weighted by Crippen LogP contribution is 2.35. The molecule has 0 N–H and O–H groups in total. The van der Waals surface area contributed by atoms with Crippen molar-refractivity contribution in [3.8, 4) is 0 Å². The molecule has 0 aromatic carbocycles. The molecule has 0 spiro atoms. The van der Waals surface area contributed by atoms with Crippen molar-refractivity contribution in [1.82, 2.24) is 0 Å². The Morgan fingerprint density at radius 3 is 2.55 bits per heavy atom. The number of rotatable bonds is 0. The fraction of sp³-hybridized carbons (Fsp3) is 0.778. The van der Waals surface area contributed by atoms with Gasteiger partial charge in [-0.2, -0.15) is 4.39 Å². The standard InChI is InChI=1S/C9H14BrF/c1-6-3-4-8(9(10)11)5-7(6)2/h6-7H,3-5H2,1-2H3/b9-8-. The highest BCUT2D eigenvalue weighted by molar-refractivity contribution is 9.11. The molecule has 0 saturated heterocycles. The zero-order chi connectivity index (χ0) is 8.43. The molecule has 1 fully saturated rings. The van der Waals surface area contributed by atoms with E-state index in [-0.39, 0.29) is 4.74 Å². The van der Waals surface area contributed by atoms with Gasteiger partial charge in [0, 0.05) is 0 Å². The Bertz CT molecular complexity index is 170. The zero-order valence-electron chi connectivity index (χ0n) is 7.03. The maximum Gasteiger partial charge on any atom is 0.164 e. The summed E-state index contributed by atoms with van der Waals surface area (Å²) in [6, 6.07) is 0. The van der Waals surface area contributed by atoms with E-state index in [0.29, 0.717) is 5.92 Å². The first-order valence-corrected chi connectivity index (χ1v) is 4.93. The molecule has 1 aliphatic carbocycles. The van der Waals surface area contributed by atoms with Crippen LogP contribution in [-0.2, 0) is 0 Å². The molecule has 1 aliphatic rings. The van der Waals surface area contributed by atoms with Crippen LogP contribution in [-0.4, -0.2) is 0 Å². The van der Waals surface area contributed by atoms with Crippen LogP contribution in [0.3, 0.4) is 0 Å². The van der Waals surface area contributed by atoms with Crippen molar-refractivity contribution in [1.29, 1.82) is 0 Å². The lowest BCUT2D eigenvalue weighted by Gasteiger charge is -2.27. The minimum Gasteiger partial charge on any atom is -0.199 e. The molecule has 1 saturated carbocycles. The van der Waals surface area contributed by atoms with Crippen LogP contribution >= 0.6 is 15.9 Å². The molecule has 11 heavy (non-hydrogen) atoms. The molecule has 0 amide bonds. The summed E-state index contributed by atoms with van der Waals surface area (Å²) in [4.78, 5) is 0. The van der Waals surface area contributed by atoms with E-state index < -0.39 is 0 Å². The molecule has 64 valence electrons. The number of hydrogen-bond donors (Lipinski definition) is 0. The Morgan fingerprint density at radius 1 is 1.45 bits per heavy atom. The number of halogens is 2. The molecular formula is C9H14BrF. The molecular weight excluding hydrogens is 207 g/mol. The summed E-state index contributed by atoms with van der Waals surface area (Å²) in [5.74, 6) is 1.40. The van der Waals surface area contributed by atoms with Crippen LogP contribution in [0.5, 0.6) is 0 Å². The van der Waals surface area contributed by atoms with E-state index in [9.17, 15) is 4.39 Å². The molecule has 2 atom stereocenters. The fourth-order valence-corrected chi connectivity index (χ4v) is 1.91. The van der Waals surface area contributed by atoms with Crippen molar-refractivity contribution >= 4 is 15.9 Å². The van der Waals surface area contributed by atoms with Gasteiger partial charge in [-0.1, -0.05) is 13.8 Å². The van der Waals surface area contributed by atoms with Gasteiger partial charge in [0.1, 0.15) is 0 Å². The molecule has 0 aromatic heterocycles. The van der Waals surface area contributed by atoms with E-state index in [1.807, 2.05) is 0 Å². The Hall–Kier alpha value is 0.150. The second-order valence-electron chi connectivity index (χ2n) is 3.56. The van der Waals surface area contributed by atoms with Crippen LogP contribution in [0, 0.1) is 11.8 Å². The molecule has 0 nitrogen and oxygen atoms in total. The van der Waals surface area contributed by atoms with Gasteiger partial charge in [0.15, 0.2) is 4.74 Å². The van der Waals surface area contributed by atoms with Gasteiger partial charge in [-0.3, -0.25) is 0 Å². The van der Waals surface area contributed by atoms with Crippen molar-refractivity contribution in [3.05, 3.63) is 10.3 Å². The summed E-state index contributed by atoms with van der Waals surface area (Å²) >= 11 is 2.90. The molecule has 0 radical (unpaired) electrons. The van der Waals surface area contributed by atoms with Gasteiger partial charge in [0.25, 0.3) is 0 Å². The Balaban J connectivity index is 2.60. The van der Waals surface area contributed by atoms with Gasteiger partial charge < -0.3 is 0 Å². The quantitative estimate of drug-likeness (QED) is 0.579. The van der Waals surface area contributed by atoms with Crippen molar-refractivity contribution < 1.29 is 4.39 Å². The lowest BCUT2D eigenvalue weighted by molar-refractivity contribution is 0.319. The summed E-state index contributed by atoms with van der Waals surface area (Å²) in [5, 5.41) is 0. The third-order valence-corrected chi connectivity index (χ3v) is 3.27. The lowest BCUT2D eigenvalue weighted by atomic mass is 9.79. The average molecular weight is 221 g/mol. The van der Waals surface area contributed by atoms with Gasteiger partial charge >= 0.3 is 0 Å². The SMILES string of the molecule is CC1CC/C(=C(/F)Br)CC1C. The molecule has 0 aliphatic heterocycles. The minimum absolute atomic E-state index is 0.128. The molecule has 0 bridgehead atoms. The van der Waals surface area contributed by atoms with E-state index in [4.69, 9.17) is 0 Å². The largest absolute Gasteiger partial charge is 0.199 e. The maximum absolute atomic E-state index is 12.7. The fourth-order valence-electron chi connectivity index (χ4n) is 1.55. The topological polar surface area (TPSA) is 0 Å². The summed E-state index contributed by atoms with van der Waals surface area (Å²) in [6.07, 6.45) is 3.00. The second kappa shape index (κ2) is 3.70. The minimum atomic E-state index is -0.128. The van der Waals surface area contributed by atoms with Crippen LogP contribution in [0.2, 0.25) is 0 Å². The van der Waals surface area contributed by atoms with E-state index >= 15 is 0 Å². The monoisotopic (exact) mass is 220 g/mol. The Kier molecular flexibility index (Phi) is 3.11. The van der Waals surface area contributed by atoms with Crippen LogP contribution in [0.4, 0.5) is 4.39 Å². The average Bonchev–Trinajstić information content (AvgIpc) is 1.94. The smallest absolute Gasteiger partial charge is 0.164 e. The van der Waals surface area contributed by atoms with Crippen molar-refractivity contribution in [2.24, 2.45) is 11.8 Å². The third-order valence-electron chi connectivity index (χ3n) is 2.71. The normalized spacial score (nSPS) is 37.1. The van der Waals surface area contributed by atoms with E-state index in [2.05, 4.69) is 29.8 Å². The van der Waals surface area contributed by atoms with Gasteiger partial charge in [-0.15, -0.1) is 0 Å². The van der Waals surface area contributed by atoms with Crippen LogP contribution < -0.4 is 0 Å². The van der Waals surface area contributed by atoms with Gasteiger partial charge in [-0.05, 0) is 52.6 Å².